The lowest BCUT2D eigenvalue weighted by atomic mass is 10.1. The number of hydrogen-bond donors (Lipinski definition) is 1. The first-order valence-electron chi connectivity index (χ1n) is 7.63. The summed E-state index contributed by atoms with van der Waals surface area (Å²) in [5, 5.41) is 4.14. The van der Waals surface area contributed by atoms with Crippen molar-refractivity contribution >= 4 is 11.6 Å². The largest absolute Gasteiger partial charge is 0.489 e. The number of hydrogen-bond acceptors (Lipinski definition) is 3. The average Bonchev–Trinajstić information content (AvgIpc) is 2.85. The van der Waals surface area contributed by atoms with E-state index in [1.54, 1.807) is 0 Å². The van der Waals surface area contributed by atoms with E-state index in [4.69, 9.17) is 21.1 Å². The third kappa shape index (κ3) is 5.50. The molecule has 0 bridgehead atoms. The van der Waals surface area contributed by atoms with Crippen molar-refractivity contribution in [2.45, 2.75) is 58.3 Å². The molecule has 118 valence electrons. The maximum Gasteiger partial charge on any atom is 0.138 e. The maximum absolute atomic E-state index is 6.13. The first kappa shape index (κ1) is 16.6. The van der Waals surface area contributed by atoms with E-state index in [9.17, 15) is 0 Å². The van der Waals surface area contributed by atoms with Crippen LogP contribution in [0.5, 0.6) is 5.75 Å². The van der Waals surface area contributed by atoms with Gasteiger partial charge in [0.1, 0.15) is 12.4 Å². The average molecular weight is 312 g/mol. The molecule has 1 aliphatic heterocycles. The van der Waals surface area contributed by atoms with E-state index in [0.717, 1.165) is 30.7 Å². The van der Waals surface area contributed by atoms with E-state index in [1.807, 2.05) is 25.1 Å². The molecule has 2 atom stereocenters. The molecule has 1 heterocycles. The molecule has 21 heavy (non-hydrogen) atoms. The van der Waals surface area contributed by atoms with Gasteiger partial charge in [-0.1, -0.05) is 17.7 Å². The van der Waals surface area contributed by atoms with Crippen LogP contribution < -0.4 is 10.1 Å². The van der Waals surface area contributed by atoms with Crippen LogP contribution in [0.15, 0.2) is 18.2 Å². The molecule has 0 aliphatic carbocycles. The molecule has 0 radical (unpaired) electrons. The Labute approximate surface area is 133 Å². The van der Waals surface area contributed by atoms with Crippen LogP contribution in [0.25, 0.3) is 0 Å². The van der Waals surface area contributed by atoms with Crippen molar-refractivity contribution in [1.82, 2.24) is 5.32 Å². The maximum atomic E-state index is 6.13. The number of aryl methyl sites for hydroxylation is 1. The SMILES string of the molecule is Cc1ccc(Cl)c(OCC2CCC(CNC(C)(C)C)O2)c1. The van der Waals surface area contributed by atoms with E-state index in [2.05, 4.69) is 26.1 Å². The van der Waals surface area contributed by atoms with Gasteiger partial charge in [-0.15, -0.1) is 0 Å². The summed E-state index contributed by atoms with van der Waals surface area (Å²) >= 11 is 6.13. The standard InChI is InChI=1S/C17H26ClNO2/c1-12-5-8-15(18)16(9-12)20-11-14-7-6-13(21-14)10-19-17(2,3)4/h5,8-9,13-14,19H,6-7,10-11H2,1-4H3. The molecule has 1 aromatic rings. The van der Waals surface area contributed by atoms with E-state index in [-0.39, 0.29) is 17.7 Å². The Balaban J connectivity index is 1.76. The van der Waals surface area contributed by atoms with Gasteiger partial charge in [-0.25, -0.2) is 0 Å². The van der Waals surface area contributed by atoms with Crippen molar-refractivity contribution < 1.29 is 9.47 Å². The highest BCUT2D eigenvalue weighted by molar-refractivity contribution is 6.32. The third-order valence-corrected chi connectivity index (χ3v) is 3.88. The zero-order valence-electron chi connectivity index (χ0n) is 13.4. The highest BCUT2D eigenvalue weighted by atomic mass is 35.5. The van der Waals surface area contributed by atoms with E-state index >= 15 is 0 Å². The van der Waals surface area contributed by atoms with Crippen molar-refractivity contribution in [3.05, 3.63) is 28.8 Å². The first-order valence-corrected chi connectivity index (χ1v) is 8.01. The number of rotatable bonds is 5. The van der Waals surface area contributed by atoms with E-state index in [0.29, 0.717) is 11.6 Å². The predicted molar refractivity (Wildman–Crippen MR) is 87.3 cm³/mol. The van der Waals surface area contributed by atoms with Gasteiger partial charge in [-0.3, -0.25) is 0 Å². The number of ether oxygens (including phenoxy) is 2. The highest BCUT2D eigenvalue weighted by Gasteiger charge is 2.26. The van der Waals surface area contributed by atoms with Crippen LogP contribution in [0.1, 0.15) is 39.2 Å². The molecule has 1 aliphatic rings. The van der Waals surface area contributed by atoms with Crippen LogP contribution in [0, 0.1) is 6.92 Å². The quantitative estimate of drug-likeness (QED) is 0.892. The molecule has 0 saturated carbocycles. The molecule has 0 amide bonds. The first-order chi connectivity index (χ1) is 9.83. The van der Waals surface area contributed by atoms with Crippen LogP contribution in [0.4, 0.5) is 0 Å². The Kier molecular flexibility index (Phi) is 5.53. The molecule has 1 aromatic carbocycles. The van der Waals surface area contributed by atoms with Gasteiger partial charge in [0.15, 0.2) is 0 Å². The minimum Gasteiger partial charge on any atom is -0.489 e. The topological polar surface area (TPSA) is 30.5 Å². The van der Waals surface area contributed by atoms with Gasteiger partial charge in [0, 0.05) is 12.1 Å². The molecule has 1 N–H and O–H groups in total. The summed E-state index contributed by atoms with van der Waals surface area (Å²) in [6.07, 6.45) is 2.57. The Hall–Kier alpha value is -0.770. The summed E-state index contributed by atoms with van der Waals surface area (Å²) in [5.74, 6) is 0.747. The number of halogens is 1. The van der Waals surface area contributed by atoms with Crippen LogP contribution in [0.2, 0.25) is 5.02 Å². The van der Waals surface area contributed by atoms with Gasteiger partial charge in [0.25, 0.3) is 0 Å². The fraction of sp³-hybridized carbons (Fsp3) is 0.647. The van der Waals surface area contributed by atoms with E-state index < -0.39 is 0 Å². The lowest BCUT2D eigenvalue weighted by Crippen LogP contribution is -2.41. The Bertz CT molecular complexity index is 470. The lowest BCUT2D eigenvalue weighted by Gasteiger charge is -2.23. The van der Waals surface area contributed by atoms with Gasteiger partial charge in [0.2, 0.25) is 0 Å². The molecule has 2 rings (SSSR count). The second kappa shape index (κ2) is 6.99. The van der Waals surface area contributed by atoms with Crippen molar-refractivity contribution in [3.63, 3.8) is 0 Å². The summed E-state index contributed by atoms with van der Waals surface area (Å²) in [4.78, 5) is 0. The molecule has 0 aromatic heterocycles. The number of nitrogens with one attached hydrogen (secondary N) is 1. The van der Waals surface area contributed by atoms with Crippen molar-refractivity contribution in [1.29, 1.82) is 0 Å². The predicted octanol–water partition coefficient (Wildman–Crippen LogP) is 3.96. The van der Waals surface area contributed by atoms with Gasteiger partial charge in [-0.2, -0.15) is 0 Å². The second-order valence-corrected chi connectivity index (χ2v) is 7.24. The lowest BCUT2D eigenvalue weighted by molar-refractivity contribution is 0.0162. The molecule has 1 saturated heterocycles. The third-order valence-electron chi connectivity index (χ3n) is 3.57. The fourth-order valence-corrected chi connectivity index (χ4v) is 2.55. The summed E-state index contributed by atoms with van der Waals surface area (Å²) in [6, 6.07) is 5.82. The zero-order chi connectivity index (χ0) is 15.5. The van der Waals surface area contributed by atoms with Crippen molar-refractivity contribution in [2.75, 3.05) is 13.2 Å². The molecule has 4 heteroatoms. The Morgan fingerprint density at radius 3 is 2.71 bits per heavy atom. The van der Waals surface area contributed by atoms with Crippen LogP contribution in [-0.2, 0) is 4.74 Å². The highest BCUT2D eigenvalue weighted by Crippen LogP contribution is 2.27. The Morgan fingerprint density at radius 2 is 2.00 bits per heavy atom. The minimum absolute atomic E-state index is 0.132. The molecular formula is C17H26ClNO2. The van der Waals surface area contributed by atoms with E-state index in [1.165, 1.54) is 0 Å². The molecular weight excluding hydrogens is 286 g/mol. The molecule has 0 spiro atoms. The van der Waals surface area contributed by atoms with Crippen LogP contribution in [0.3, 0.4) is 0 Å². The zero-order valence-corrected chi connectivity index (χ0v) is 14.2. The summed E-state index contributed by atoms with van der Waals surface area (Å²) in [5.41, 5.74) is 1.28. The summed E-state index contributed by atoms with van der Waals surface area (Å²) in [7, 11) is 0. The Morgan fingerprint density at radius 1 is 1.29 bits per heavy atom. The van der Waals surface area contributed by atoms with Gasteiger partial charge < -0.3 is 14.8 Å². The van der Waals surface area contributed by atoms with Gasteiger partial charge in [0.05, 0.1) is 17.2 Å². The van der Waals surface area contributed by atoms with Crippen molar-refractivity contribution in [2.24, 2.45) is 0 Å². The van der Waals surface area contributed by atoms with Gasteiger partial charge >= 0.3 is 0 Å². The fourth-order valence-electron chi connectivity index (χ4n) is 2.38. The summed E-state index contributed by atoms with van der Waals surface area (Å²) in [6.45, 7) is 10.00. The molecule has 3 nitrogen and oxygen atoms in total. The molecule has 1 fully saturated rings. The second-order valence-electron chi connectivity index (χ2n) is 6.83. The summed E-state index contributed by atoms with van der Waals surface area (Å²) < 4.78 is 11.8. The normalized spacial score (nSPS) is 22.5. The van der Waals surface area contributed by atoms with Gasteiger partial charge in [-0.05, 0) is 58.2 Å². The monoisotopic (exact) mass is 311 g/mol. The van der Waals surface area contributed by atoms with Crippen LogP contribution in [-0.4, -0.2) is 30.9 Å². The minimum atomic E-state index is 0.132. The van der Waals surface area contributed by atoms with Crippen LogP contribution >= 0.6 is 11.6 Å². The van der Waals surface area contributed by atoms with Crippen molar-refractivity contribution in [3.8, 4) is 5.75 Å². The molecule has 2 unspecified atom stereocenters. The smallest absolute Gasteiger partial charge is 0.138 e. The number of benzene rings is 1.